The van der Waals surface area contributed by atoms with E-state index >= 15 is 0 Å². The zero-order valence-electron chi connectivity index (χ0n) is 17.9. The van der Waals surface area contributed by atoms with Gasteiger partial charge in [0.2, 0.25) is 0 Å². The van der Waals surface area contributed by atoms with Crippen molar-refractivity contribution in [3.8, 4) is 23.1 Å². The second kappa shape index (κ2) is 11.0. The second-order valence-electron chi connectivity index (χ2n) is 6.84. The molecule has 1 aromatic carbocycles. The Kier molecular flexibility index (Phi) is 8.10. The summed E-state index contributed by atoms with van der Waals surface area (Å²) in [6, 6.07) is 11.4. The minimum atomic E-state index is 0.334. The molecule has 0 saturated carbocycles. The highest BCUT2D eigenvalue weighted by Gasteiger charge is 2.14. The van der Waals surface area contributed by atoms with Crippen LogP contribution in [0.15, 0.2) is 40.8 Å². The molecule has 2 aromatic heterocycles. The first-order valence-corrected chi connectivity index (χ1v) is 10.9. The van der Waals surface area contributed by atoms with E-state index in [-0.39, 0.29) is 0 Å². The van der Waals surface area contributed by atoms with E-state index in [1.807, 2.05) is 47.9 Å². The van der Waals surface area contributed by atoms with Gasteiger partial charge in [-0.05, 0) is 81.6 Å². The molecule has 0 atom stereocenters. The molecule has 7 nitrogen and oxygen atoms in total. The lowest BCUT2D eigenvalue weighted by molar-refractivity contribution is 0.270. The van der Waals surface area contributed by atoms with Gasteiger partial charge in [0.1, 0.15) is 23.9 Å². The van der Waals surface area contributed by atoms with Crippen molar-refractivity contribution in [1.29, 1.82) is 0 Å². The summed E-state index contributed by atoms with van der Waals surface area (Å²) in [5.74, 6) is 3.70. The van der Waals surface area contributed by atoms with Crippen LogP contribution >= 0.6 is 12.2 Å². The first-order valence-electron chi connectivity index (χ1n) is 10.5. The molecule has 0 fully saturated rings. The highest BCUT2D eigenvalue weighted by atomic mass is 32.1. The summed E-state index contributed by atoms with van der Waals surface area (Å²) >= 11 is 5.41. The van der Waals surface area contributed by atoms with Gasteiger partial charge in [-0.3, -0.25) is 9.67 Å². The minimum Gasteiger partial charge on any atom is -0.494 e. The van der Waals surface area contributed by atoms with Crippen molar-refractivity contribution in [2.45, 2.75) is 40.3 Å². The molecule has 0 bridgehead atoms. The van der Waals surface area contributed by atoms with E-state index in [0.717, 1.165) is 49.9 Å². The summed E-state index contributed by atoms with van der Waals surface area (Å²) in [7, 11) is 0. The number of furan rings is 1. The van der Waals surface area contributed by atoms with Gasteiger partial charge in [0.25, 0.3) is 0 Å². The molecule has 3 rings (SSSR count). The van der Waals surface area contributed by atoms with Gasteiger partial charge < -0.3 is 18.8 Å². The van der Waals surface area contributed by atoms with Gasteiger partial charge in [-0.1, -0.05) is 13.8 Å². The zero-order valence-corrected chi connectivity index (χ0v) is 18.7. The van der Waals surface area contributed by atoms with Gasteiger partial charge in [0.05, 0.1) is 6.61 Å². The number of hydrogen-bond donors (Lipinski definition) is 1. The Hall–Kier alpha value is -2.58. The topological polar surface area (TPSA) is 68.5 Å². The first kappa shape index (κ1) is 22.1. The van der Waals surface area contributed by atoms with E-state index in [9.17, 15) is 0 Å². The Morgan fingerprint density at radius 1 is 1.03 bits per heavy atom. The number of aromatic nitrogens is 3. The van der Waals surface area contributed by atoms with Crippen LogP contribution in [0.1, 0.15) is 33.0 Å². The normalized spacial score (nSPS) is 11.2. The summed E-state index contributed by atoms with van der Waals surface area (Å²) in [5, 5.41) is 7.25. The highest BCUT2D eigenvalue weighted by Crippen LogP contribution is 2.23. The number of hydrogen-bond acceptors (Lipinski definition) is 6. The van der Waals surface area contributed by atoms with E-state index < -0.39 is 0 Å². The Morgan fingerprint density at radius 2 is 1.73 bits per heavy atom. The fourth-order valence-corrected chi connectivity index (χ4v) is 3.46. The molecule has 0 radical (unpaired) electrons. The molecule has 1 N–H and O–H groups in total. The minimum absolute atomic E-state index is 0.334. The lowest BCUT2D eigenvalue weighted by Crippen LogP contribution is -2.24. The molecule has 0 amide bonds. The summed E-state index contributed by atoms with van der Waals surface area (Å²) in [4.78, 5) is 2.40. The van der Waals surface area contributed by atoms with Crippen LogP contribution in [0.4, 0.5) is 0 Å². The number of nitrogens with zero attached hydrogens (tertiary/aromatic N) is 3. The average Bonchev–Trinajstić information content (AvgIpc) is 3.37. The maximum Gasteiger partial charge on any atom is 0.198 e. The summed E-state index contributed by atoms with van der Waals surface area (Å²) in [5.41, 5.74) is 0. The lowest BCUT2D eigenvalue weighted by Gasteiger charge is -2.17. The number of nitrogens with one attached hydrogen (secondary N) is 1. The van der Waals surface area contributed by atoms with Crippen LogP contribution in [0, 0.1) is 4.77 Å². The molecule has 2 heterocycles. The van der Waals surface area contributed by atoms with E-state index in [4.69, 9.17) is 26.1 Å². The zero-order chi connectivity index (χ0) is 21.3. The van der Waals surface area contributed by atoms with E-state index in [2.05, 4.69) is 28.9 Å². The van der Waals surface area contributed by atoms with E-state index in [1.165, 1.54) is 0 Å². The largest absolute Gasteiger partial charge is 0.494 e. The third-order valence-corrected chi connectivity index (χ3v) is 5.22. The number of ether oxygens (including phenoxy) is 2. The maximum absolute atomic E-state index is 5.97. The Labute approximate surface area is 182 Å². The predicted octanol–water partition coefficient (Wildman–Crippen LogP) is 4.91. The molecule has 3 aromatic rings. The molecule has 0 saturated heterocycles. The SMILES string of the molecule is CCOc1ccc(OCc2ccc(-c3n[nH]c(=S)n3CCCN(CC)CC)o2)cc1. The fourth-order valence-electron chi connectivity index (χ4n) is 3.23. The summed E-state index contributed by atoms with van der Waals surface area (Å²) in [6.45, 7) is 11.2. The molecule has 0 unspecified atom stereocenters. The molecular weight excluding hydrogens is 400 g/mol. The van der Waals surface area contributed by atoms with Crippen LogP contribution in [0.3, 0.4) is 0 Å². The van der Waals surface area contributed by atoms with Crippen LogP contribution in [-0.2, 0) is 13.2 Å². The van der Waals surface area contributed by atoms with Gasteiger partial charge in [-0.2, -0.15) is 5.10 Å². The molecular formula is C22H30N4O3S. The van der Waals surface area contributed by atoms with Gasteiger partial charge in [-0.25, -0.2) is 0 Å². The predicted molar refractivity (Wildman–Crippen MR) is 119 cm³/mol. The van der Waals surface area contributed by atoms with Crippen molar-refractivity contribution in [1.82, 2.24) is 19.7 Å². The molecule has 8 heteroatoms. The Balaban J connectivity index is 1.61. The van der Waals surface area contributed by atoms with Crippen LogP contribution in [0.2, 0.25) is 0 Å². The third kappa shape index (κ3) is 5.73. The quantitative estimate of drug-likeness (QED) is 0.412. The van der Waals surface area contributed by atoms with E-state index in [0.29, 0.717) is 29.6 Å². The number of aromatic amines is 1. The van der Waals surface area contributed by atoms with E-state index in [1.54, 1.807) is 0 Å². The molecule has 0 aliphatic rings. The van der Waals surface area contributed by atoms with Crippen molar-refractivity contribution in [2.24, 2.45) is 0 Å². The average molecular weight is 431 g/mol. The summed E-state index contributed by atoms with van der Waals surface area (Å²) < 4.78 is 19.8. The van der Waals surface area contributed by atoms with Crippen LogP contribution in [0.5, 0.6) is 11.5 Å². The number of benzene rings is 1. The van der Waals surface area contributed by atoms with Crippen LogP contribution in [0.25, 0.3) is 11.6 Å². The van der Waals surface area contributed by atoms with Gasteiger partial charge in [0, 0.05) is 6.54 Å². The molecule has 162 valence electrons. The van der Waals surface area contributed by atoms with Crippen molar-refractivity contribution < 1.29 is 13.9 Å². The number of rotatable bonds is 12. The monoisotopic (exact) mass is 430 g/mol. The molecule has 0 spiro atoms. The van der Waals surface area contributed by atoms with Crippen molar-refractivity contribution in [3.63, 3.8) is 0 Å². The van der Waals surface area contributed by atoms with Crippen molar-refractivity contribution in [2.75, 3.05) is 26.2 Å². The highest BCUT2D eigenvalue weighted by molar-refractivity contribution is 7.71. The smallest absolute Gasteiger partial charge is 0.198 e. The third-order valence-electron chi connectivity index (χ3n) is 4.91. The Bertz CT molecular complexity index is 957. The Morgan fingerprint density at radius 3 is 2.40 bits per heavy atom. The maximum atomic E-state index is 5.97. The van der Waals surface area contributed by atoms with Crippen LogP contribution in [-0.4, -0.2) is 45.9 Å². The van der Waals surface area contributed by atoms with Gasteiger partial charge in [0.15, 0.2) is 16.4 Å². The second-order valence-corrected chi connectivity index (χ2v) is 7.23. The van der Waals surface area contributed by atoms with Crippen molar-refractivity contribution in [3.05, 3.63) is 46.9 Å². The number of H-pyrrole nitrogens is 1. The lowest BCUT2D eigenvalue weighted by atomic mass is 10.3. The molecule has 30 heavy (non-hydrogen) atoms. The molecule has 0 aliphatic carbocycles. The van der Waals surface area contributed by atoms with Gasteiger partial charge >= 0.3 is 0 Å². The first-order chi connectivity index (χ1) is 14.6. The standard InChI is InChI=1S/C22H30N4O3S/c1-4-25(5-2)14-7-15-26-21(23-24-22(26)30)20-13-12-19(29-20)16-28-18-10-8-17(9-11-18)27-6-3/h8-13H,4-7,14-16H2,1-3H3,(H,24,30). The fraction of sp³-hybridized carbons (Fsp3) is 0.455. The van der Waals surface area contributed by atoms with Crippen molar-refractivity contribution >= 4 is 12.2 Å². The van der Waals surface area contributed by atoms with Crippen LogP contribution < -0.4 is 9.47 Å². The van der Waals surface area contributed by atoms with Gasteiger partial charge in [-0.15, -0.1) is 0 Å². The molecule has 0 aliphatic heterocycles. The summed E-state index contributed by atoms with van der Waals surface area (Å²) in [6.07, 6.45) is 0.997.